The molecule has 0 radical (unpaired) electrons. The van der Waals surface area contributed by atoms with E-state index in [4.69, 9.17) is 14.6 Å². The van der Waals surface area contributed by atoms with Crippen molar-refractivity contribution in [3.05, 3.63) is 23.8 Å². The lowest BCUT2D eigenvalue weighted by Crippen LogP contribution is -2.65. The minimum atomic E-state index is -1.65. The minimum absolute atomic E-state index is 0.0264. The van der Waals surface area contributed by atoms with Crippen molar-refractivity contribution in [2.24, 2.45) is 16.7 Å². The van der Waals surface area contributed by atoms with Crippen LogP contribution in [0.3, 0.4) is 0 Å². The molecule has 1 heterocycles. The maximum atomic E-state index is 12.4. The predicted molar refractivity (Wildman–Crippen MR) is 89.3 cm³/mol. The standard InChI is InChI=1S/C19H26O6/c1-17(2)7-5-8-18(3)15(17)13(25-14(21)6-4-9-20)10-12-11-24-16(22)19(12,18)23/h4,6,10,13,15,20,23H,5,7-9,11H2,1-3H3/b6-4+/t13-,15+,18+,19+/m1/s1. The van der Waals surface area contributed by atoms with Crippen molar-refractivity contribution in [3.63, 3.8) is 0 Å². The van der Waals surface area contributed by atoms with Crippen LogP contribution in [0, 0.1) is 16.7 Å². The number of hydrogen-bond donors (Lipinski definition) is 2. The molecule has 2 N–H and O–H groups in total. The van der Waals surface area contributed by atoms with Crippen molar-refractivity contribution in [1.82, 2.24) is 0 Å². The molecule has 0 aromatic carbocycles. The minimum Gasteiger partial charge on any atom is -0.459 e. The van der Waals surface area contributed by atoms with Crippen molar-refractivity contribution in [1.29, 1.82) is 0 Å². The number of carbonyl (C=O) groups is 2. The van der Waals surface area contributed by atoms with Gasteiger partial charge in [0, 0.05) is 23.0 Å². The monoisotopic (exact) mass is 350 g/mol. The molecular formula is C19H26O6. The molecule has 1 saturated carbocycles. The van der Waals surface area contributed by atoms with Gasteiger partial charge in [-0.3, -0.25) is 0 Å². The fourth-order valence-electron chi connectivity index (χ4n) is 5.27. The van der Waals surface area contributed by atoms with Crippen LogP contribution >= 0.6 is 0 Å². The third kappa shape index (κ3) is 2.54. The first kappa shape index (κ1) is 18.1. The van der Waals surface area contributed by atoms with Crippen LogP contribution in [0.25, 0.3) is 0 Å². The lowest BCUT2D eigenvalue weighted by Gasteiger charge is -2.59. The van der Waals surface area contributed by atoms with Crippen LogP contribution in [0.1, 0.15) is 40.0 Å². The number of fused-ring (bicyclic) bond motifs is 3. The second kappa shape index (κ2) is 5.95. The lowest BCUT2D eigenvalue weighted by atomic mass is 9.46. The van der Waals surface area contributed by atoms with Crippen LogP contribution in [0.2, 0.25) is 0 Å². The molecule has 2 fully saturated rings. The third-order valence-electron chi connectivity index (χ3n) is 6.30. The molecule has 0 aromatic heterocycles. The SMILES string of the molecule is CC1(C)CCC[C@@]2(C)[C@H]1[C@H](OC(=O)/C=C/CO)C=C1COC(=O)[C@@]12O. The maximum absolute atomic E-state index is 12.4. The smallest absolute Gasteiger partial charge is 0.343 e. The normalized spacial score (nSPS) is 39.4. The molecule has 0 unspecified atom stereocenters. The van der Waals surface area contributed by atoms with E-state index in [1.165, 1.54) is 12.2 Å². The highest BCUT2D eigenvalue weighted by Gasteiger charge is 2.69. The van der Waals surface area contributed by atoms with Crippen LogP contribution in [-0.2, 0) is 19.1 Å². The molecule has 0 amide bonds. The van der Waals surface area contributed by atoms with Gasteiger partial charge in [0.05, 0.1) is 6.61 Å². The van der Waals surface area contributed by atoms with Gasteiger partial charge in [-0.2, -0.15) is 0 Å². The van der Waals surface area contributed by atoms with Gasteiger partial charge >= 0.3 is 11.9 Å². The fourth-order valence-corrected chi connectivity index (χ4v) is 5.27. The highest BCUT2D eigenvalue weighted by Crippen LogP contribution is 2.63. The van der Waals surface area contributed by atoms with Gasteiger partial charge in [0.25, 0.3) is 0 Å². The summed E-state index contributed by atoms with van der Waals surface area (Å²) in [6, 6.07) is 0. The van der Waals surface area contributed by atoms with Gasteiger partial charge in [0.1, 0.15) is 12.7 Å². The molecule has 3 rings (SSSR count). The van der Waals surface area contributed by atoms with E-state index in [1.54, 1.807) is 6.08 Å². The molecule has 1 saturated heterocycles. The molecule has 0 bridgehead atoms. The molecule has 138 valence electrons. The van der Waals surface area contributed by atoms with E-state index < -0.39 is 29.1 Å². The van der Waals surface area contributed by atoms with Crippen molar-refractivity contribution in [2.75, 3.05) is 13.2 Å². The van der Waals surface area contributed by atoms with Gasteiger partial charge in [-0.05, 0) is 24.3 Å². The maximum Gasteiger partial charge on any atom is 0.343 e. The molecule has 2 aliphatic carbocycles. The summed E-state index contributed by atoms with van der Waals surface area (Å²) in [4.78, 5) is 24.5. The van der Waals surface area contributed by atoms with Crippen molar-refractivity contribution < 1.29 is 29.3 Å². The third-order valence-corrected chi connectivity index (χ3v) is 6.30. The number of esters is 2. The van der Waals surface area contributed by atoms with E-state index in [2.05, 4.69) is 13.8 Å². The quantitative estimate of drug-likeness (QED) is 0.455. The topological polar surface area (TPSA) is 93.1 Å². The second-order valence-electron chi connectivity index (χ2n) is 8.20. The Balaban J connectivity index is 2.06. The second-order valence-corrected chi connectivity index (χ2v) is 8.20. The van der Waals surface area contributed by atoms with Crippen LogP contribution < -0.4 is 0 Å². The average Bonchev–Trinajstić information content (AvgIpc) is 2.81. The Hall–Kier alpha value is -1.66. The molecule has 6 heteroatoms. The molecular weight excluding hydrogens is 324 g/mol. The summed E-state index contributed by atoms with van der Waals surface area (Å²) in [5.74, 6) is -1.37. The first-order valence-electron chi connectivity index (χ1n) is 8.75. The number of carbonyl (C=O) groups excluding carboxylic acids is 2. The summed E-state index contributed by atoms with van der Waals surface area (Å²) in [6.45, 7) is 5.86. The highest BCUT2D eigenvalue weighted by molar-refractivity contribution is 5.88. The van der Waals surface area contributed by atoms with Gasteiger partial charge in [-0.1, -0.05) is 33.3 Å². The van der Waals surface area contributed by atoms with Gasteiger partial charge < -0.3 is 19.7 Å². The van der Waals surface area contributed by atoms with E-state index in [0.717, 1.165) is 12.8 Å². The number of aliphatic hydroxyl groups is 2. The average molecular weight is 350 g/mol. The summed E-state index contributed by atoms with van der Waals surface area (Å²) in [5.41, 5.74) is -2.16. The van der Waals surface area contributed by atoms with Crippen molar-refractivity contribution >= 4 is 11.9 Å². The Labute approximate surface area is 147 Å². The summed E-state index contributed by atoms with van der Waals surface area (Å²) in [5, 5.41) is 20.2. The van der Waals surface area contributed by atoms with Crippen molar-refractivity contribution in [3.8, 4) is 0 Å². The molecule has 0 aromatic rings. The highest BCUT2D eigenvalue weighted by atomic mass is 16.6. The van der Waals surface area contributed by atoms with Crippen molar-refractivity contribution in [2.45, 2.75) is 51.7 Å². The molecule has 3 aliphatic rings. The lowest BCUT2D eigenvalue weighted by molar-refractivity contribution is -0.194. The Morgan fingerprint density at radius 3 is 2.80 bits per heavy atom. The summed E-state index contributed by atoms with van der Waals surface area (Å²) < 4.78 is 10.8. The Kier molecular flexibility index (Phi) is 4.32. The number of hydrogen-bond acceptors (Lipinski definition) is 6. The summed E-state index contributed by atoms with van der Waals surface area (Å²) in [7, 11) is 0. The molecule has 1 aliphatic heterocycles. The van der Waals surface area contributed by atoms with Gasteiger partial charge in [0.15, 0.2) is 5.60 Å². The molecule has 25 heavy (non-hydrogen) atoms. The Morgan fingerprint density at radius 2 is 2.12 bits per heavy atom. The number of ether oxygens (including phenoxy) is 2. The van der Waals surface area contributed by atoms with E-state index in [1.807, 2.05) is 6.92 Å². The fraction of sp³-hybridized carbons (Fsp3) is 0.684. The van der Waals surface area contributed by atoms with Crippen LogP contribution in [0.4, 0.5) is 0 Å². The van der Waals surface area contributed by atoms with E-state index >= 15 is 0 Å². The molecule has 0 spiro atoms. The largest absolute Gasteiger partial charge is 0.459 e. The number of aliphatic hydroxyl groups excluding tert-OH is 1. The molecule has 6 nitrogen and oxygen atoms in total. The van der Waals surface area contributed by atoms with Crippen LogP contribution in [0.15, 0.2) is 23.8 Å². The Morgan fingerprint density at radius 1 is 1.40 bits per heavy atom. The van der Waals surface area contributed by atoms with Gasteiger partial charge in [-0.25, -0.2) is 9.59 Å². The van der Waals surface area contributed by atoms with Crippen LogP contribution in [0.5, 0.6) is 0 Å². The first-order chi connectivity index (χ1) is 11.7. The number of cyclic esters (lactones) is 1. The van der Waals surface area contributed by atoms with E-state index in [0.29, 0.717) is 12.0 Å². The van der Waals surface area contributed by atoms with E-state index in [-0.39, 0.29) is 24.5 Å². The predicted octanol–water partition coefficient (Wildman–Crippen LogP) is 1.51. The van der Waals surface area contributed by atoms with E-state index in [9.17, 15) is 14.7 Å². The Bertz CT molecular complexity index is 648. The summed E-state index contributed by atoms with van der Waals surface area (Å²) >= 11 is 0. The van der Waals surface area contributed by atoms with Gasteiger partial charge in [-0.15, -0.1) is 0 Å². The van der Waals surface area contributed by atoms with Gasteiger partial charge in [0.2, 0.25) is 0 Å². The first-order valence-corrected chi connectivity index (χ1v) is 8.75. The zero-order valence-corrected chi connectivity index (χ0v) is 14.9. The zero-order chi connectivity index (χ0) is 18.5. The zero-order valence-electron chi connectivity index (χ0n) is 14.9. The molecule has 4 atom stereocenters. The number of rotatable bonds is 3. The van der Waals surface area contributed by atoms with Crippen LogP contribution in [-0.4, -0.2) is 47.1 Å². The summed E-state index contributed by atoms with van der Waals surface area (Å²) in [6.07, 6.45) is 6.11.